The van der Waals surface area contributed by atoms with Crippen LogP contribution in [-0.4, -0.2) is 74.9 Å². The second-order valence-electron chi connectivity index (χ2n) is 11.7. The number of hydrogen-bond donors (Lipinski definition) is 6. The molecule has 3 unspecified atom stereocenters. The number of aryl methyl sites for hydroxylation is 1. The van der Waals surface area contributed by atoms with Crippen molar-refractivity contribution in [2.75, 3.05) is 6.54 Å². The predicted molar refractivity (Wildman–Crippen MR) is 172 cm³/mol. The summed E-state index contributed by atoms with van der Waals surface area (Å²) in [5.74, 6) is -1.73. The fourth-order valence-corrected chi connectivity index (χ4v) is 5.50. The molecule has 1 aliphatic carbocycles. The molecule has 1 fully saturated rings. The maximum Gasteiger partial charge on any atom is 0.329 e. The highest BCUT2D eigenvalue weighted by Crippen LogP contribution is 2.38. The van der Waals surface area contributed by atoms with E-state index in [0.29, 0.717) is 37.9 Å². The fourth-order valence-electron chi connectivity index (χ4n) is 5.50. The van der Waals surface area contributed by atoms with Gasteiger partial charge in [-0.3, -0.25) is 9.59 Å². The van der Waals surface area contributed by atoms with Gasteiger partial charge in [0.1, 0.15) is 12.1 Å². The largest absolute Gasteiger partial charge is 0.460 e. The Hall–Kier alpha value is -3.80. The van der Waals surface area contributed by atoms with Crippen molar-refractivity contribution in [2.24, 2.45) is 17.6 Å². The van der Waals surface area contributed by atoms with Crippen molar-refractivity contribution >= 4 is 17.8 Å². The van der Waals surface area contributed by atoms with Crippen LogP contribution in [0.5, 0.6) is 0 Å². The van der Waals surface area contributed by atoms with E-state index in [1.54, 1.807) is 12.3 Å². The standard InChI is InChI=1S/C34H49N5O6/c1-3-37-32(42)14-10-5-4-9-13-27-28(18-17-26(40)16-15-24-11-7-6-8-12-24)31(20-30(27)41)45-34(44)29(39-33(43)23(2)35)19-25-21-36-22-38-25/h4,6-9,11-12,17-18,21-23,26-31,40-41H,3,5,10,13-16,19-20,35H2,1-2H3,(H,36,38)(H,37,42)(H,39,43)/b9-4-,18-17+/t23?,26?,27-,28-,29?,30+,31-/m1/s1. The third kappa shape index (κ3) is 12.3. The number of nitrogens with zero attached hydrogens (tertiary/aromatic N) is 1. The molecule has 1 aromatic heterocycles. The lowest BCUT2D eigenvalue weighted by atomic mass is 9.89. The summed E-state index contributed by atoms with van der Waals surface area (Å²) in [7, 11) is 0. The fraction of sp³-hybridized carbons (Fsp3) is 0.529. The van der Waals surface area contributed by atoms with Crippen LogP contribution >= 0.6 is 0 Å². The first-order chi connectivity index (χ1) is 21.7. The molecule has 0 radical (unpaired) electrons. The van der Waals surface area contributed by atoms with Crippen molar-refractivity contribution < 1.29 is 29.3 Å². The minimum Gasteiger partial charge on any atom is -0.460 e. The molecule has 2 amide bonds. The number of unbranched alkanes of at least 4 members (excludes halogenated alkanes) is 1. The van der Waals surface area contributed by atoms with Crippen LogP contribution in [0.1, 0.15) is 63.6 Å². The average molecular weight is 624 g/mol. The van der Waals surface area contributed by atoms with Gasteiger partial charge < -0.3 is 36.3 Å². The number of esters is 1. The zero-order valence-electron chi connectivity index (χ0n) is 26.3. The number of carbonyl (C=O) groups excluding carboxylic acids is 3. The first kappa shape index (κ1) is 35.7. The van der Waals surface area contributed by atoms with Crippen LogP contribution < -0.4 is 16.4 Å². The Morgan fingerprint density at radius 2 is 2.00 bits per heavy atom. The summed E-state index contributed by atoms with van der Waals surface area (Å²) in [6.45, 7) is 4.03. The van der Waals surface area contributed by atoms with Gasteiger partial charge in [-0.1, -0.05) is 54.6 Å². The van der Waals surface area contributed by atoms with E-state index in [1.165, 1.54) is 13.3 Å². The summed E-state index contributed by atoms with van der Waals surface area (Å²) < 4.78 is 5.98. The van der Waals surface area contributed by atoms with Crippen LogP contribution in [0.2, 0.25) is 0 Å². The molecule has 1 heterocycles. The molecule has 3 rings (SSSR count). The highest BCUT2D eigenvalue weighted by atomic mass is 16.5. The number of aliphatic hydroxyl groups excluding tert-OH is 2. The van der Waals surface area contributed by atoms with Crippen molar-refractivity contribution in [3.63, 3.8) is 0 Å². The molecule has 1 aliphatic rings. The second-order valence-corrected chi connectivity index (χ2v) is 11.7. The van der Waals surface area contributed by atoms with Gasteiger partial charge in [0.25, 0.3) is 0 Å². The smallest absolute Gasteiger partial charge is 0.329 e. The number of ether oxygens (including phenoxy) is 1. The predicted octanol–water partition coefficient (Wildman–Crippen LogP) is 2.50. The molecule has 11 heteroatoms. The highest BCUT2D eigenvalue weighted by molar-refractivity contribution is 5.87. The molecule has 45 heavy (non-hydrogen) atoms. The SMILES string of the molecule is CCNC(=O)CCC/C=C\C[C@@H]1[C@@H](/C=C/C(O)CCc2ccccc2)[C@H](OC(=O)C(Cc2cnc[nH]2)NC(=O)C(C)N)C[C@@H]1O. The number of amides is 2. The number of hydrogen-bond acceptors (Lipinski definition) is 8. The molecule has 1 saturated carbocycles. The molecule has 7 atom stereocenters. The van der Waals surface area contributed by atoms with Gasteiger partial charge in [0, 0.05) is 43.6 Å². The lowest BCUT2D eigenvalue weighted by molar-refractivity contribution is -0.154. The lowest BCUT2D eigenvalue weighted by Crippen LogP contribution is -2.49. The van der Waals surface area contributed by atoms with Crippen molar-refractivity contribution in [2.45, 2.75) is 95.6 Å². The van der Waals surface area contributed by atoms with Crippen molar-refractivity contribution in [3.8, 4) is 0 Å². The van der Waals surface area contributed by atoms with Crippen LogP contribution in [0.4, 0.5) is 0 Å². The summed E-state index contributed by atoms with van der Waals surface area (Å²) in [4.78, 5) is 44.5. The number of aliphatic hydroxyl groups is 2. The zero-order chi connectivity index (χ0) is 32.6. The van der Waals surface area contributed by atoms with E-state index < -0.39 is 42.3 Å². The minimum absolute atomic E-state index is 0.0285. The number of aromatic amines is 1. The van der Waals surface area contributed by atoms with Gasteiger partial charge in [-0.05, 0) is 57.4 Å². The van der Waals surface area contributed by atoms with Gasteiger partial charge >= 0.3 is 5.97 Å². The summed E-state index contributed by atoms with van der Waals surface area (Å²) in [5, 5.41) is 27.3. The third-order valence-corrected chi connectivity index (χ3v) is 8.00. The number of benzene rings is 1. The van der Waals surface area contributed by atoms with E-state index in [0.717, 1.165) is 18.4 Å². The van der Waals surface area contributed by atoms with E-state index in [4.69, 9.17) is 10.5 Å². The molecule has 246 valence electrons. The lowest BCUT2D eigenvalue weighted by Gasteiger charge is -2.25. The first-order valence-electron chi connectivity index (χ1n) is 15.9. The van der Waals surface area contributed by atoms with E-state index in [9.17, 15) is 24.6 Å². The van der Waals surface area contributed by atoms with Gasteiger partial charge in [0.2, 0.25) is 11.8 Å². The van der Waals surface area contributed by atoms with Crippen LogP contribution in [0.25, 0.3) is 0 Å². The summed E-state index contributed by atoms with van der Waals surface area (Å²) in [6.07, 6.45) is 12.5. The number of carbonyl (C=O) groups is 3. The maximum atomic E-state index is 13.5. The van der Waals surface area contributed by atoms with E-state index in [2.05, 4.69) is 20.6 Å². The second kappa shape index (κ2) is 18.9. The van der Waals surface area contributed by atoms with E-state index >= 15 is 0 Å². The topological polar surface area (TPSA) is 180 Å². The number of H-pyrrole nitrogens is 1. The number of nitrogens with two attached hydrogens (primary N) is 1. The molecular formula is C34H49N5O6. The highest BCUT2D eigenvalue weighted by Gasteiger charge is 2.43. The van der Waals surface area contributed by atoms with E-state index in [1.807, 2.05) is 55.5 Å². The Morgan fingerprint density at radius 3 is 2.69 bits per heavy atom. The van der Waals surface area contributed by atoms with Gasteiger partial charge in [-0.15, -0.1) is 0 Å². The summed E-state index contributed by atoms with van der Waals surface area (Å²) in [5.41, 5.74) is 7.50. The molecule has 2 aromatic rings. The maximum absolute atomic E-state index is 13.5. The van der Waals surface area contributed by atoms with Crippen molar-refractivity contribution in [1.29, 1.82) is 0 Å². The van der Waals surface area contributed by atoms with Crippen LogP contribution in [0.15, 0.2) is 67.2 Å². The Balaban J connectivity index is 1.71. The van der Waals surface area contributed by atoms with Gasteiger partial charge in [0.05, 0.1) is 24.6 Å². The zero-order valence-corrected chi connectivity index (χ0v) is 26.3. The van der Waals surface area contributed by atoms with Crippen molar-refractivity contribution in [3.05, 3.63) is 78.4 Å². The molecule has 1 aromatic carbocycles. The quantitative estimate of drug-likeness (QED) is 0.0833. The Morgan fingerprint density at radius 1 is 1.22 bits per heavy atom. The van der Waals surface area contributed by atoms with Gasteiger partial charge in [0.15, 0.2) is 0 Å². The summed E-state index contributed by atoms with van der Waals surface area (Å²) >= 11 is 0. The van der Waals surface area contributed by atoms with Crippen LogP contribution in [0.3, 0.4) is 0 Å². The molecule has 0 bridgehead atoms. The number of nitrogens with one attached hydrogen (secondary N) is 3. The molecular weight excluding hydrogens is 574 g/mol. The minimum atomic E-state index is -1.01. The summed E-state index contributed by atoms with van der Waals surface area (Å²) in [6, 6.07) is 8.08. The molecule has 0 saturated heterocycles. The van der Waals surface area contributed by atoms with Crippen LogP contribution in [0, 0.1) is 11.8 Å². The Labute approximate surface area is 265 Å². The third-order valence-electron chi connectivity index (χ3n) is 8.00. The average Bonchev–Trinajstić information content (AvgIpc) is 3.63. The number of aromatic nitrogens is 2. The Kier molecular flexibility index (Phi) is 15.0. The number of rotatable bonds is 18. The molecule has 0 aliphatic heterocycles. The monoisotopic (exact) mass is 623 g/mol. The van der Waals surface area contributed by atoms with Gasteiger partial charge in [-0.2, -0.15) is 0 Å². The number of imidazole rings is 1. The molecule has 0 spiro atoms. The van der Waals surface area contributed by atoms with Gasteiger partial charge in [-0.25, -0.2) is 9.78 Å². The number of allylic oxidation sites excluding steroid dienone is 2. The van der Waals surface area contributed by atoms with E-state index in [-0.39, 0.29) is 30.6 Å². The van der Waals surface area contributed by atoms with Crippen molar-refractivity contribution in [1.82, 2.24) is 20.6 Å². The first-order valence-corrected chi connectivity index (χ1v) is 15.9. The molecule has 7 N–H and O–H groups in total. The normalized spacial score (nSPS) is 21.9. The Bertz CT molecular complexity index is 1230. The van der Waals surface area contributed by atoms with Crippen LogP contribution in [-0.2, 0) is 32.0 Å². The molecule has 11 nitrogen and oxygen atoms in total.